The minimum absolute atomic E-state index is 0.750. The number of nitrogens with two attached hydrogens (primary N) is 1. The molecule has 0 amide bonds. The second kappa shape index (κ2) is 9.20. The molecule has 2 N–H and O–H groups in total. The minimum atomic E-state index is 0.750. The van der Waals surface area contributed by atoms with Gasteiger partial charge < -0.3 is 5.73 Å². The van der Waals surface area contributed by atoms with Crippen molar-refractivity contribution in [1.82, 2.24) is 0 Å². The van der Waals surface area contributed by atoms with E-state index in [1.165, 1.54) is 5.57 Å². The Morgan fingerprint density at radius 1 is 1.57 bits per heavy atom. The summed E-state index contributed by atoms with van der Waals surface area (Å²) in [7, 11) is 0. The zero-order valence-electron chi connectivity index (χ0n) is 5.49. The van der Waals surface area contributed by atoms with E-state index in [-0.39, 0.29) is 0 Å². The van der Waals surface area contributed by atoms with Gasteiger partial charge in [-0.3, -0.25) is 0 Å². The molecule has 0 spiro atoms. The SMILES string of the molecule is C=C(C)C.CCN. The van der Waals surface area contributed by atoms with Gasteiger partial charge in [0, 0.05) is 0 Å². The Hall–Kier alpha value is -0.300. The van der Waals surface area contributed by atoms with Crippen molar-refractivity contribution in [3.8, 4) is 0 Å². The van der Waals surface area contributed by atoms with Crippen LogP contribution in [0.15, 0.2) is 12.2 Å². The third-order valence-electron chi connectivity index (χ3n) is 0. The Labute approximate surface area is 46.2 Å². The Bertz CT molecular complexity index is 35.4. The first-order chi connectivity index (χ1) is 3.15. The van der Waals surface area contributed by atoms with Crippen molar-refractivity contribution >= 4 is 0 Å². The van der Waals surface area contributed by atoms with E-state index >= 15 is 0 Å². The van der Waals surface area contributed by atoms with Crippen LogP contribution in [0.1, 0.15) is 20.8 Å². The van der Waals surface area contributed by atoms with E-state index in [0.717, 1.165) is 6.54 Å². The molecule has 44 valence electrons. The molecule has 0 radical (unpaired) electrons. The van der Waals surface area contributed by atoms with Crippen LogP contribution < -0.4 is 5.73 Å². The summed E-state index contributed by atoms with van der Waals surface area (Å²) in [6, 6.07) is 0. The summed E-state index contributed by atoms with van der Waals surface area (Å²) in [6.07, 6.45) is 0. The molecular formula is C6H15N. The van der Waals surface area contributed by atoms with Gasteiger partial charge in [-0.15, -0.1) is 6.58 Å². The van der Waals surface area contributed by atoms with Crippen LogP contribution in [-0.4, -0.2) is 6.54 Å². The molecule has 0 saturated carbocycles. The largest absolute Gasteiger partial charge is 0.331 e. The topological polar surface area (TPSA) is 26.0 Å². The Morgan fingerprint density at radius 3 is 1.57 bits per heavy atom. The minimum Gasteiger partial charge on any atom is -0.331 e. The molecule has 0 aliphatic carbocycles. The monoisotopic (exact) mass is 101 g/mol. The molecule has 0 atom stereocenters. The predicted octanol–water partition coefficient (Wildman–Crippen LogP) is 1.55. The summed E-state index contributed by atoms with van der Waals surface area (Å²) in [6.45, 7) is 10.2. The summed E-state index contributed by atoms with van der Waals surface area (Å²) in [4.78, 5) is 0. The molecule has 0 aliphatic rings. The molecule has 0 aromatic heterocycles. The zero-order valence-corrected chi connectivity index (χ0v) is 5.49. The third kappa shape index (κ3) is 867. The fraction of sp³-hybridized carbons (Fsp3) is 0.667. The lowest BCUT2D eigenvalue weighted by Crippen LogP contribution is -1.87. The van der Waals surface area contributed by atoms with Gasteiger partial charge >= 0.3 is 0 Å². The second-order valence-electron chi connectivity index (χ2n) is 1.62. The predicted molar refractivity (Wildman–Crippen MR) is 35.2 cm³/mol. The Kier molecular flexibility index (Phi) is 12.9. The average Bonchev–Trinajstić information content (AvgIpc) is 1.33. The second-order valence-corrected chi connectivity index (χ2v) is 1.62. The van der Waals surface area contributed by atoms with Crippen molar-refractivity contribution in [1.29, 1.82) is 0 Å². The van der Waals surface area contributed by atoms with Crippen LogP contribution in [0.2, 0.25) is 0 Å². The number of hydrogen-bond donors (Lipinski definition) is 1. The summed E-state index contributed by atoms with van der Waals surface area (Å²) in [5.41, 5.74) is 6.01. The smallest absolute Gasteiger partial charge is 0.0106 e. The van der Waals surface area contributed by atoms with Crippen LogP contribution in [0.4, 0.5) is 0 Å². The summed E-state index contributed by atoms with van der Waals surface area (Å²) < 4.78 is 0. The number of allylic oxidation sites excluding steroid dienone is 1. The van der Waals surface area contributed by atoms with Crippen LogP contribution in [0.25, 0.3) is 0 Å². The van der Waals surface area contributed by atoms with Crippen LogP contribution in [-0.2, 0) is 0 Å². The van der Waals surface area contributed by atoms with Crippen molar-refractivity contribution in [2.75, 3.05) is 6.54 Å². The third-order valence-corrected chi connectivity index (χ3v) is 0. The highest BCUT2D eigenvalue weighted by Gasteiger charge is 1.51. The maximum absolute atomic E-state index is 4.85. The molecule has 0 unspecified atom stereocenters. The first-order valence-electron chi connectivity index (χ1n) is 2.47. The van der Waals surface area contributed by atoms with Gasteiger partial charge in [0.2, 0.25) is 0 Å². The lowest BCUT2D eigenvalue weighted by Gasteiger charge is -1.65. The fourth-order valence-corrected chi connectivity index (χ4v) is 0. The van der Waals surface area contributed by atoms with Gasteiger partial charge in [0.1, 0.15) is 0 Å². The van der Waals surface area contributed by atoms with Gasteiger partial charge in [0.15, 0.2) is 0 Å². The van der Waals surface area contributed by atoms with E-state index in [9.17, 15) is 0 Å². The van der Waals surface area contributed by atoms with Gasteiger partial charge in [0.25, 0.3) is 0 Å². The molecule has 0 saturated heterocycles. The zero-order chi connectivity index (χ0) is 6.28. The summed E-state index contributed by atoms with van der Waals surface area (Å²) in [5.74, 6) is 0. The molecule has 0 fully saturated rings. The van der Waals surface area contributed by atoms with E-state index in [0.29, 0.717) is 0 Å². The molecule has 1 heteroatoms. The van der Waals surface area contributed by atoms with E-state index < -0.39 is 0 Å². The first kappa shape index (κ1) is 9.85. The van der Waals surface area contributed by atoms with E-state index in [4.69, 9.17) is 5.73 Å². The first-order valence-corrected chi connectivity index (χ1v) is 2.47. The van der Waals surface area contributed by atoms with Crippen LogP contribution in [0.5, 0.6) is 0 Å². The van der Waals surface area contributed by atoms with E-state index in [2.05, 4.69) is 6.58 Å². The highest BCUT2D eigenvalue weighted by atomic mass is 14.5. The van der Waals surface area contributed by atoms with Crippen LogP contribution >= 0.6 is 0 Å². The molecule has 0 heterocycles. The van der Waals surface area contributed by atoms with Gasteiger partial charge in [-0.25, -0.2) is 0 Å². The highest BCUT2D eigenvalue weighted by Crippen LogP contribution is 1.73. The maximum Gasteiger partial charge on any atom is -0.0106 e. The quantitative estimate of drug-likeness (QED) is 0.460. The summed E-state index contributed by atoms with van der Waals surface area (Å²) >= 11 is 0. The van der Waals surface area contributed by atoms with Crippen LogP contribution in [0, 0.1) is 0 Å². The Balaban J connectivity index is 0. The van der Waals surface area contributed by atoms with Gasteiger partial charge in [-0.1, -0.05) is 12.5 Å². The highest BCUT2D eigenvalue weighted by molar-refractivity contribution is 4.78. The average molecular weight is 101 g/mol. The molecule has 0 aromatic carbocycles. The van der Waals surface area contributed by atoms with Crippen molar-refractivity contribution in [2.24, 2.45) is 5.73 Å². The molecule has 1 nitrogen and oxygen atoms in total. The normalized spacial score (nSPS) is 6.29. The molecule has 0 bridgehead atoms. The standard InChI is InChI=1S/C4H8.C2H7N/c1-4(2)3;1-2-3/h1H2,2-3H3;2-3H2,1H3. The van der Waals surface area contributed by atoms with Crippen LogP contribution in [0.3, 0.4) is 0 Å². The van der Waals surface area contributed by atoms with E-state index in [1.807, 2.05) is 20.8 Å². The maximum atomic E-state index is 4.85. The molecule has 0 aromatic rings. The molecular weight excluding hydrogens is 86.1 g/mol. The van der Waals surface area contributed by atoms with Gasteiger partial charge in [-0.05, 0) is 20.4 Å². The molecule has 0 rings (SSSR count). The lowest BCUT2D eigenvalue weighted by atomic mass is 10.4. The Morgan fingerprint density at radius 2 is 1.57 bits per heavy atom. The van der Waals surface area contributed by atoms with Gasteiger partial charge in [0.05, 0.1) is 0 Å². The van der Waals surface area contributed by atoms with Gasteiger partial charge in [-0.2, -0.15) is 0 Å². The van der Waals surface area contributed by atoms with E-state index in [1.54, 1.807) is 0 Å². The molecule has 7 heavy (non-hydrogen) atoms. The molecule has 0 aliphatic heterocycles. The fourth-order valence-electron chi connectivity index (χ4n) is 0. The van der Waals surface area contributed by atoms with Crippen molar-refractivity contribution in [2.45, 2.75) is 20.8 Å². The lowest BCUT2D eigenvalue weighted by molar-refractivity contribution is 1.14. The number of rotatable bonds is 0. The number of hydrogen-bond acceptors (Lipinski definition) is 1. The van der Waals surface area contributed by atoms with Crippen molar-refractivity contribution < 1.29 is 0 Å². The van der Waals surface area contributed by atoms with Crippen molar-refractivity contribution in [3.63, 3.8) is 0 Å². The summed E-state index contributed by atoms with van der Waals surface area (Å²) in [5, 5.41) is 0. The van der Waals surface area contributed by atoms with Crippen molar-refractivity contribution in [3.05, 3.63) is 12.2 Å².